The van der Waals surface area contributed by atoms with Crippen LogP contribution in [-0.4, -0.2) is 30.8 Å². The summed E-state index contributed by atoms with van der Waals surface area (Å²) in [7, 11) is 1.22. The first-order valence-electron chi connectivity index (χ1n) is 7.27. The lowest BCUT2D eigenvalue weighted by Gasteiger charge is -2.13. The number of hydrogen-bond acceptors (Lipinski definition) is 4. The monoisotopic (exact) mass is 366 g/mol. The van der Waals surface area contributed by atoms with Gasteiger partial charge in [0.1, 0.15) is 5.82 Å². The molecule has 0 aromatic heterocycles. The molecular weight excluding hydrogens is 351 g/mol. The number of carbonyl (C=O) groups excluding carboxylic acids is 2. The predicted octanol–water partition coefficient (Wildman–Crippen LogP) is 3.12. The van der Waals surface area contributed by atoms with Gasteiger partial charge in [-0.3, -0.25) is 0 Å². The molecule has 0 saturated heterocycles. The van der Waals surface area contributed by atoms with Crippen molar-refractivity contribution in [2.45, 2.75) is 6.10 Å². The number of anilines is 1. The number of rotatable bonds is 5. The van der Waals surface area contributed by atoms with Gasteiger partial charge in [-0.25, -0.2) is 14.0 Å². The fraction of sp³-hybridized carbons (Fsp3) is 0.176. The van der Waals surface area contributed by atoms with Crippen LogP contribution >= 0.6 is 11.6 Å². The molecule has 0 aliphatic rings. The Hall–Kier alpha value is -2.64. The summed E-state index contributed by atoms with van der Waals surface area (Å²) in [6, 6.07) is 9.08. The molecule has 0 saturated carbocycles. The lowest BCUT2D eigenvalue weighted by Crippen LogP contribution is -2.32. The van der Waals surface area contributed by atoms with E-state index in [1.165, 1.54) is 49.6 Å². The van der Waals surface area contributed by atoms with Gasteiger partial charge in [0.05, 0.1) is 23.8 Å². The van der Waals surface area contributed by atoms with E-state index in [2.05, 4.69) is 15.4 Å². The van der Waals surface area contributed by atoms with Crippen LogP contribution in [0.25, 0.3) is 0 Å². The number of benzene rings is 2. The van der Waals surface area contributed by atoms with Gasteiger partial charge in [0.25, 0.3) is 0 Å². The number of hydrogen-bond donors (Lipinski definition) is 3. The zero-order chi connectivity index (χ0) is 18.4. The highest BCUT2D eigenvalue weighted by molar-refractivity contribution is 6.33. The van der Waals surface area contributed by atoms with Gasteiger partial charge >= 0.3 is 12.0 Å². The minimum Gasteiger partial charge on any atom is -0.465 e. The van der Waals surface area contributed by atoms with Crippen LogP contribution in [0, 0.1) is 5.82 Å². The molecule has 0 bridgehead atoms. The molecule has 0 spiro atoms. The average molecular weight is 367 g/mol. The number of methoxy groups -OCH3 is 1. The van der Waals surface area contributed by atoms with Gasteiger partial charge in [-0.2, -0.15) is 0 Å². The maximum absolute atomic E-state index is 12.8. The molecule has 3 N–H and O–H groups in total. The van der Waals surface area contributed by atoms with Crippen molar-refractivity contribution in [2.24, 2.45) is 0 Å². The molecule has 0 aliphatic heterocycles. The molecule has 0 aliphatic carbocycles. The Kier molecular flexibility index (Phi) is 6.32. The maximum atomic E-state index is 12.8. The first-order chi connectivity index (χ1) is 11.9. The third-order valence-electron chi connectivity index (χ3n) is 3.34. The Labute approximate surface area is 148 Å². The van der Waals surface area contributed by atoms with Crippen molar-refractivity contribution in [1.82, 2.24) is 5.32 Å². The average Bonchev–Trinajstić information content (AvgIpc) is 2.61. The number of nitrogens with one attached hydrogen (secondary N) is 2. The Balaban J connectivity index is 1.94. The second-order valence-electron chi connectivity index (χ2n) is 5.09. The van der Waals surface area contributed by atoms with E-state index in [0.717, 1.165) is 0 Å². The standard InChI is InChI=1S/C17H16ClFN2O4/c1-25-16(23)13-8-12(6-7-14(13)18)21-17(24)20-9-15(22)10-2-4-11(19)5-3-10/h2-8,15,22H,9H2,1H3,(H2,20,21,24). The number of carbonyl (C=O) groups is 2. The van der Waals surface area contributed by atoms with Crippen molar-refractivity contribution in [3.63, 3.8) is 0 Å². The number of aliphatic hydroxyl groups excluding tert-OH is 1. The summed E-state index contributed by atoms with van der Waals surface area (Å²) in [6.07, 6.45) is -0.984. The van der Waals surface area contributed by atoms with E-state index in [9.17, 15) is 19.1 Å². The molecule has 1 unspecified atom stereocenters. The highest BCUT2D eigenvalue weighted by Crippen LogP contribution is 2.21. The SMILES string of the molecule is COC(=O)c1cc(NC(=O)NCC(O)c2ccc(F)cc2)ccc1Cl. The van der Waals surface area contributed by atoms with Gasteiger partial charge < -0.3 is 20.5 Å². The van der Waals surface area contributed by atoms with Gasteiger partial charge in [-0.05, 0) is 35.9 Å². The minimum absolute atomic E-state index is 0.0745. The molecule has 2 amide bonds. The van der Waals surface area contributed by atoms with Gasteiger partial charge in [-0.15, -0.1) is 0 Å². The number of halogens is 2. The molecule has 2 aromatic carbocycles. The quantitative estimate of drug-likeness (QED) is 0.709. The minimum atomic E-state index is -0.984. The molecule has 8 heteroatoms. The molecule has 0 heterocycles. The smallest absolute Gasteiger partial charge is 0.339 e. The Morgan fingerprint density at radius 3 is 2.56 bits per heavy atom. The molecule has 2 aromatic rings. The lowest BCUT2D eigenvalue weighted by molar-refractivity contribution is 0.0601. The first-order valence-corrected chi connectivity index (χ1v) is 7.64. The van der Waals surface area contributed by atoms with Crippen LogP contribution in [0.3, 0.4) is 0 Å². The van der Waals surface area contributed by atoms with Crippen LogP contribution < -0.4 is 10.6 Å². The number of ether oxygens (including phenoxy) is 1. The van der Waals surface area contributed by atoms with Gasteiger partial charge in [-0.1, -0.05) is 23.7 Å². The van der Waals surface area contributed by atoms with Crippen molar-refractivity contribution in [1.29, 1.82) is 0 Å². The molecule has 0 fully saturated rings. The van der Waals surface area contributed by atoms with E-state index in [4.69, 9.17) is 11.6 Å². The molecular formula is C17H16ClFN2O4. The molecule has 1 atom stereocenters. The van der Waals surface area contributed by atoms with E-state index in [1.54, 1.807) is 0 Å². The van der Waals surface area contributed by atoms with Crippen molar-refractivity contribution in [3.05, 3.63) is 64.4 Å². The molecule has 2 rings (SSSR count). The van der Waals surface area contributed by atoms with Crippen molar-refractivity contribution in [2.75, 3.05) is 19.0 Å². The zero-order valence-electron chi connectivity index (χ0n) is 13.3. The number of aliphatic hydroxyl groups is 1. The summed E-state index contributed by atoms with van der Waals surface area (Å²) in [4.78, 5) is 23.5. The topological polar surface area (TPSA) is 87.7 Å². The molecule has 0 radical (unpaired) electrons. The summed E-state index contributed by atoms with van der Waals surface area (Å²) < 4.78 is 17.4. The highest BCUT2D eigenvalue weighted by atomic mass is 35.5. The third kappa shape index (κ3) is 5.17. The highest BCUT2D eigenvalue weighted by Gasteiger charge is 2.13. The number of esters is 1. The van der Waals surface area contributed by atoms with Crippen LogP contribution in [-0.2, 0) is 4.74 Å². The van der Waals surface area contributed by atoms with E-state index in [-0.39, 0.29) is 17.1 Å². The van der Waals surface area contributed by atoms with Crippen LogP contribution in [0.2, 0.25) is 5.02 Å². The van der Waals surface area contributed by atoms with Crippen molar-refractivity contribution in [3.8, 4) is 0 Å². The maximum Gasteiger partial charge on any atom is 0.339 e. The van der Waals surface area contributed by atoms with Gasteiger partial charge in [0.15, 0.2) is 0 Å². The molecule has 132 valence electrons. The van der Waals surface area contributed by atoms with E-state index in [0.29, 0.717) is 11.3 Å². The van der Waals surface area contributed by atoms with Crippen molar-refractivity contribution < 1.29 is 23.8 Å². The summed E-state index contributed by atoms with van der Waals surface area (Å²) >= 11 is 5.90. The zero-order valence-corrected chi connectivity index (χ0v) is 14.0. The van der Waals surface area contributed by atoms with Crippen LogP contribution in [0.15, 0.2) is 42.5 Å². The second-order valence-corrected chi connectivity index (χ2v) is 5.50. The predicted molar refractivity (Wildman–Crippen MR) is 91.2 cm³/mol. The van der Waals surface area contributed by atoms with E-state index < -0.39 is 23.9 Å². The van der Waals surface area contributed by atoms with Crippen LogP contribution in [0.1, 0.15) is 22.0 Å². The second kappa shape index (κ2) is 8.46. The summed E-state index contributed by atoms with van der Waals surface area (Å²) in [5.74, 6) is -1.04. The van der Waals surface area contributed by atoms with Gasteiger partial charge in [0.2, 0.25) is 0 Å². The van der Waals surface area contributed by atoms with Crippen LogP contribution in [0.4, 0.5) is 14.9 Å². The Bertz CT molecular complexity index is 768. The van der Waals surface area contributed by atoms with Gasteiger partial charge in [0, 0.05) is 12.2 Å². The molecule has 6 nitrogen and oxygen atoms in total. The fourth-order valence-electron chi connectivity index (χ4n) is 2.04. The summed E-state index contributed by atoms with van der Waals surface area (Å²) in [6.45, 7) is -0.0745. The first kappa shape index (κ1) is 18.7. The number of urea groups is 1. The largest absolute Gasteiger partial charge is 0.465 e. The molecule has 25 heavy (non-hydrogen) atoms. The van der Waals surface area contributed by atoms with E-state index in [1.807, 2.05) is 0 Å². The van der Waals surface area contributed by atoms with Crippen molar-refractivity contribution >= 4 is 29.3 Å². The fourth-order valence-corrected chi connectivity index (χ4v) is 2.23. The lowest BCUT2D eigenvalue weighted by atomic mass is 10.1. The number of amides is 2. The normalized spacial score (nSPS) is 11.5. The van der Waals surface area contributed by atoms with E-state index >= 15 is 0 Å². The third-order valence-corrected chi connectivity index (χ3v) is 3.67. The van der Waals surface area contributed by atoms with Crippen LogP contribution in [0.5, 0.6) is 0 Å². The Morgan fingerprint density at radius 1 is 1.24 bits per heavy atom. The summed E-state index contributed by atoms with van der Waals surface area (Å²) in [5, 5.41) is 15.2. The summed E-state index contributed by atoms with van der Waals surface area (Å²) in [5.41, 5.74) is 0.924. The Morgan fingerprint density at radius 2 is 1.92 bits per heavy atom.